The first-order chi connectivity index (χ1) is 36.1. The van der Waals surface area contributed by atoms with Gasteiger partial charge in [0.2, 0.25) is 0 Å². The highest BCUT2D eigenvalue weighted by atomic mass is 16.7. The summed E-state index contributed by atoms with van der Waals surface area (Å²) in [6.07, 6.45) is 65.8. The molecule has 0 aromatic heterocycles. The van der Waals surface area contributed by atoms with Gasteiger partial charge in [0, 0.05) is 12.8 Å². The summed E-state index contributed by atoms with van der Waals surface area (Å²) in [4.78, 5) is 37.3. The summed E-state index contributed by atoms with van der Waals surface area (Å²) < 4.78 is 22.9. The van der Waals surface area contributed by atoms with E-state index in [4.69, 9.17) is 18.9 Å². The number of rotatable bonds is 60. The second-order valence-electron chi connectivity index (χ2n) is 23.1. The maximum Gasteiger partial charge on any atom is 0.361 e. The van der Waals surface area contributed by atoms with Gasteiger partial charge in [0.15, 0.2) is 6.10 Å². The minimum absolute atomic E-state index is 0.175. The summed E-state index contributed by atoms with van der Waals surface area (Å²) in [6, 6.07) is 0. The Morgan fingerprint density at radius 2 is 0.730 bits per heavy atom. The first-order valence-corrected chi connectivity index (χ1v) is 32.0. The van der Waals surface area contributed by atoms with Gasteiger partial charge < -0.3 is 28.5 Å². The van der Waals surface area contributed by atoms with E-state index in [0.717, 1.165) is 44.9 Å². The number of carbonyl (C=O) groups excluding carboxylic acids is 2. The highest BCUT2D eigenvalue weighted by Crippen LogP contribution is 2.18. The number of likely N-dealkylation sites (N-methyl/N-ethyl adjacent to an activating group) is 1. The molecule has 0 aromatic carbocycles. The molecule has 1 N–H and O–H groups in total. The molecule has 0 radical (unpaired) electrons. The van der Waals surface area contributed by atoms with E-state index in [1.165, 1.54) is 244 Å². The average Bonchev–Trinajstić information content (AvgIpc) is 3.37. The van der Waals surface area contributed by atoms with Crippen molar-refractivity contribution in [3.63, 3.8) is 0 Å². The van der Waals surface area contributed by atoms with Crippen molar-refractivity contribution < 1.29 is 42.9 Å². The maximum absolute atomic E-state index is 12.9. The molecule has 0 aliphatic carbocycles. The number of hydrogen-bond acceptors (Lipinski definition) is 7. The van der Waals surface area contributed by atoms with E-state index in [2.05, 4.69) is 38.2 Å². The van der Waals surface area contributed by atoms with Crippen LogP contribution in [-0.2, 0) is 33.3 Å². The van der Waals surface area contributed by atoms with Crippen molar-refractivity contribution in [2.75, 3.05) is 47.5 Å². The summed E-state index contributed by atoms with van der Waals surface area (Å²) in [5, 5.41) is 9.69. The molecule has 0 rings (SSSR count). The zero-order chi connectivity index (χ0) is 54.1. The molecule has 0 saturated carbocycles. The topological polar surface area (TPSA) is 108 Å². The molecule has 0 heterocycles. The molecule has 74 heavy (non-hydrogen) atoms. The maximum atomic E-state index is 12.9. The Bertz CT molecular complexity index is 1260. The first kappa shape index (κ1) is 71.8. The Labute approximate surface area is 458 Å². The number of carboxylic acid groups (broad SMARTS) is 1. The zero-order valence-electron chi connectivity index (χ0n) is 49.8. The van der Waals surface area contributed by atoms with Crippen LogP contribution in [0.4, 0.5) is 0 Å². The fraction of sp³-hybridized carbons (Fsp3) is 0.892. The molecular weight excluding hydrogens is 923 g/mol. The molecule has 0 bridgehead atoms. The molecular formula is C65H124NO8+. The van der Waals surface area contributed by atoms with Gasteiger partial charge in [-0.15, -0.1) is 0 Å². The second kappa shape index (κ2) is 57.0. The summed E-state index contributed by atoms with van der Waals surface area (Å²) in [7, 11) is 5.98. The Morgan fingerprint density at radius 1 is 0.405 bits per heavy atom. The van der Waals surface area contributed by atoms with Crippen molar-refractivity contribution in [2.45, 2.75) is 328 Å². The van der Waals surface area contributed by atoms with E-state index in [0.29, 0.717) is 17.4 Å². The highest BCUT2D eigenvalue weighted by Gasteiger charge is 2.25. The molecule has 436 valence electrons. The molecule has 0 spiro atoms. The highest BCUT2D eigenvalue weighted by molar-refractivity contribution is 5.71. The molecule has 0 aliphatic heterocycles. The van der Waals surface area contributed by atoms with E-state index < -0.39 is 18.4 Å². The molecule has 0 amide bonds. The van der Waals surface area contributed by atoms with Gasteiger partial charge in [-0.25, -0.2) is 4.79 Å². The quantitative estimate of drug-likeness (QED) is 0.0211. The Balaban J connectivity index is 3.92. The van der Waals surface area contributed by atoms with Crippen molar-refractivity contribution in [3.05, 3.63) is 24.3 Å². The molecule has 0 aromatic rings. The van der Waals surface area contributed by atoms with E-state index in [1.807, 2.05) is 21.1 Å². The summed E-state index contributed by atoms with van der Waals surface area (Å²) in [5.41, 5.74) is 0. The molecule has 9 nitrogen and oxygen atoms in total. The number of unbranched alkanes of at least 4 members (excludes halogenated alkanes) is 41. The van der Waals surface area contributed by atoms with Crippen LogP contribution in [0.5, 0.6) is 0 Å². The predicted octanol–water partition coefficient (Wildman–Crippen LogP) is 19.1. The van der Waals surface area contributed by atoms with Crippen LogP contribution in [0, 0.1) is 0 Å². The van der Waals surface area contributed by atoms with Crippen LogP contribution in [0.25, 0.3) is 0 Å². The number of quaternary nitrogens is 1. The number of hydrogen-bond donors (Lipinski definition) is 1. The van der Waals surface area contributed by atoms with E-state index in [1.54, 1.807) is 0 Å². The van der Waals surface area contributed by atoms with Crippen LogP contribution in [-0.4, -0.2) is 87.4 Å². The SMILES string of the molecule is CCCCCCC/C=C\C/C=C\CCCCCCCCCCCCCCCCCCCCCCCCCCCC(=O)OC(COC(=O)CCCCCCCCCCCCCC)COC(OCC[N+](C)(C)C)C(=O)O. The molecule has 9 heteroatoms. The second-order valence-corrected chi connectivity index (χ2v) is 23.1. The van der Waals surface area contributed by atoms with Crippen molar-refractivity contribution in [2.24, 2.45) is 0 Å². The van der Waals surface area contributed by atoms with E-state index in [-0.39, 0.29) is 38.2 Å². The van der Waals surface area contributed by atoms with Crippen LogP contribution in [0.15, 0.2) is 24.3 Å². The van der Waals surface area contributed by atoms with Crippen LogP contribution in [0.3, 0.4) is 0 Å². The number of esters is 2. The number of nitrogens with zero attached hydrogens (tertiary/aromatic N) is 1. The van der Waals surface area contributed by atoms with Crippen LogP contribution in [0.1, 0.15) is 316 Å². The molecule has 0 aliphatic rings. The smallest absolute Gasteiger partial charge is 0.361 e. The van der Waals surface area contributed by atoms with Crippen LogP contribution < -0.4 is 0 Å². The molecule has 2 atom stereocenters. The van der Waals surface area contributed by atoms with E-state index >= 15 is 0 Å². The number of carboxylic acids is 1. The first-order valence-electron chi connectivity index (χ1n) is 32.0. The summed E-state index contributed by atoms with van der Waals surface area (Å²) in [6.45, 7) is 4.91. The van der Waals surface area contributed by atoms with Crippen molar-refractivity contribution in [3.8, 4) is 0 Å². The minimum Gasteiger partial charge on any atom is -0.477 e. The average molecular weight is 1050 g/mol. The van der Waals surface area contributed by atoms with Gasteiger partial charge in [0.25, 0.3) is 6.29 Å². The lowest BCUT2D eigenvalue weighted by Crippen LogP contribution is -2.40. The number of allylic oxidation sites excluding steroid dienone is 4. The fourth-order valence-electron chi connectivity index (χ4n) is 9.52. The van der Waals surface area contributed by atoms with Gasteiger partial charge in [-0.05, 0) is 44.9 Å². The Morgan fingerprint density at radius 3 is 1.07 bits per heavy atom. The van der Waals surface area contributed by atoms with Crippen molar-refractivity contribution in [1.29, 1.82) is 0 Å². The third-order valence-corrected chi connectivity index (χ3v) is 14.5. The Hall–Kier alpha value is -2.23. The van der Waals surface area contributed by atoms with Gasteiger partial charge in [0.1, 0.15) is 13.2 Å². The van der Waals surface area contributed by atoms with Crippen molar-refractivity contribution >= 4 is 17.9 Å². The zero-order valence-corrected chi connectivity index (χ0v) is 49.8. The number of aliphatic carboxylic acids is 1. The van der Waals surface area contributed by atoms with Gasteiger partial charge in [0.05, 0.1) is 34.4 Å². The third-order valence-electron chi connectivity index (χ3n) is 14.5. The molecule has 0 fully saturated rings. The van der Waals surface area contributed by atoms with Gasteiger partial charge >= 0.3 is 17.9 Å². The lowest BCUT2D eigenvalue weighted by Gasteiger charge is -2.25. The third kappa shape index (κ3) is 57.5. The minimum atomic E-state index is -1.50. The molecule has 0 saturated heterocycles. The fourth-order valence-corrected chi connectivity index (χ4v) is 9.52. The number of carbonyl (C=O) groups is 3. The van der Waals surface area contributed by atoms with Crippen LogP contribution in [0.2, 0.25) is 0 Å². The summed E-state index contributed by atoms with van der Waals surface area (Å²) >= 11 is 0. The number of ether oxygens (including phenoxy) is 4. The molecule has 2 unspecified atom stereocenters. The standard InChI is InChI=1S/C65H123NO8/c1-6-8-10-12-14-16-18-20-21-22-23-24-25-26-27-28-29-30-31-32-33-34-35-36-37-38-39-40-41-42-43-44-46-48-50-52-54-56-63(68)74-61(60-73-65(64(69)70)71-58-57-66(3,4)5)59-72-62(67)55-53-51-49-47-45-19-17-15-13-11-9-7-2/h18,20,22-23,61,65H,6-17,19,21,24-60H2,1-5H3/p+1/b20-18-,23-22-. The van der Waals surface area contributed by atoms with Gasteiger partial charge in [-0.2, -0.15) is 0 Å². The monoisotopic (exact) mass is 1050 g/mol. The van der Waals surface area contributed by atoms with Gasteiger partial charge in [-0.1, -0.05) is 282 Å². The normalized spacial score (nSPS) is 12.8. The predicted molar refractivity (Wildman–Crippen MR) is 314 cm³/mol. The van der Waals surface area contributed by atoms with E-state index in [9.17, 15) is 19.5 Å². The van der Waals surface area contributed by atoms with Crippen molar-refractivity contribution in [1.82, 2.24) is 0 Å². The Kier molecular flexibility index (Phi) is 55.2. The largest absolute Gasteiger partial charge is 0.477 e. The lowest BCUT2D eigenvalue weighted by molar-refractivity contribution is -0.870. The summed E-state index contributed by atoms with van der Waals surface area (Å²) in [5.74, 6) is -1.98. The lowest BCUT2D eigenvalue weighted by atomic mass is 10.0. The van der Waals surface area contributed by atoms with Crippen LogP contribution >= 0.6 is 0 Å². The van der Waals surface area contributed by atoms with Gasteiger partial charge in [-0.3, -0.25) is 9.59 Å².